The average molecular weight is 239 g/mol. The van der Waals surface area contributed by atoms with Gasteiger partial charge in [-0.2, -0.15) is 0 Å². The molecule has 100 valence electrons. The highest BCUT2D eigenvalue weighted by Gasteiger charge is 2.20. The van der Waals surface area contributed by atoms with Crippen molar-refractivity contribution in [3.8, 4) is 0 Å². The van der Waals surface area contributed by atoms with Crippen LogP contribution in [0, 0.1) is 11.8 Å². The maximum atomic E-state index is 5.43. The summed E-state index contributed by atoms with van der Waals surface area (Å²) >= 11 is 0. The molecule has 0 radical (unpaired) electrons. The van der Waals surface area contributed by atoms with E-state index in [2.05, 4.69) is 12.2 Å². The average Bonchev–Trinajstić information content (AvgIpc) is 2.75. The van der Waals surface area contributed by atoms with Gasteiger partial charge in [0.05, 0.1) is 6.61 Å². The van der Waals surface area contributed by atoms with Crippen LogP contribution in [0.4, 0.5) is 0 Å². The summed E-state index contributed by atoms with van der Waals surface area (Å²) < 4.78 is 5.43. The second kappa shape index (κ2) is 7.38. The highest BCUT2D eigenvalue weighted by atomic mass is 16.5. The topological polar surface area (TPSA) is 21.3 Å². The first-order valence-corrected chi connectivity index (χ1v) is 7.69. The molecule has 0 aromatic heterocycles. The molecular formula is C15H29NO. The SMILES string of the molecule is CCCC1CCCC(NCC2CCOC2)CC1. The Bertz CT molecular complexity index is 201. The maximum Gasteiger partial charge on any atom is 0.0507 e. The molecule has 17 heavy (non-hydrogen) atoms. The lowest BCUT2D eigenvalue weighted by Gasteiger charge is -2.19. The zero-order chi connectivity index (χ0) is 11.9. The minimum atomic E-state index is 0.782. The number of hydrogen-bond acceptors (Lipinski definition) is 2. The van der Waals surface area contributed by atoms with Crippen LogP contribution < -0.4 is 5.32 Å². The predicted molar refractivity (Wildman–Crippen MR) is 72.2 cm³/mol. The zero-order valence-electron chi connectivity index (χ0n) is 11.4. The summed E-state index contributed by atoms with van der Waals surface area (Å²) in [6.45, 7) is 5.47. The van der Waals surface area contributed by atoms with Crippen LogP contribution in [0.2, 0.25) is 0 Å². The minimum Gasteiger partial charge on any atom is -0.381 e. The van der Waals surface area contributed by atoms with E-state index >= 15 is 0 Å². The van der Waals surface area contributed by atoms with Gasteiger partial charge in [-0.05, 0) is 37.5 Å². The van der Waals surface area contributed by atoms with E-state index in [0.717, 1.165) is 31.1 Å². The van der Waals surface area contributed by atoms with Gasteiger partial charge in [0.25, 0.3) is 0 Å². The van der Waals surface area contributed by atoms with Crippen LogP contribution in [-0.2, 0) is 4.74 Å². The van der Waals surface area contributed by atoms with Gasteiger partial charge < -0.3 is 10.1 Å². The highest BCUT2D eigenvalue weighted by molar-refractivity contribution is 4.77. The fraction of sp³-hybridized carbons (Fsp3) is 1.00. The molecule has 2 heteroatoms. The summed E-state index contributed by atoms with van der Waals surface area (Å²) in [4.78, 5) is 0. The second-order valence-electron chi connectivity index (χ2n) is 6.00. The van der Waals surface area contributed by atoms with Gasteiger partial charge in [0.1, 0.15) is 0 Å². The Morgan fingerprint density at radius 3 is 2.76 bits per heavy atom. The molecule has 1 heterocycles. The summed E-state index contributed by atoms with van der Waals surface area (Å²) in [7, 11) is 0. The van der Waals surface area contributed by atoms with Gasteiger partial charge in [-0.1, -0.05) is 32.6 Å². The third kappa shape index (κ3) is 4.59. The molecule has 3 atom stereocenters. The molecule has 3 unspecified atom stereocenters. The largest absolute Gasteiger partial charge is 0.381 e. The molecule has 0 amide bonds. The number of ether oxygens (including phenoxy) is 1. The molecule has 0 bridgehead atoms. The Labute approximate surface area is 107 Å². The van der Waals surface area contributed by atoms with E-state index in [4.69, 9.17) is 4.74 Å². The molecule has 0 aromatic carbocycles. The Kier molecular flexibility index (Phi) is 5.79. The first kappa shape index (κ1) is 13.4. The third-order valence-electron chi connectivity index (χ3n) is 4.50. The lowest BCUT2D eigenvalue weighted by atomic mass is 9.95. The third-order valence-corrected chi connectivity index (χ3v) is 4.50. The van der Waals surface area contributed by atoms with E-state index in [9.17, 15) is 0 Å². The van der Waals surface area contributed by atoms with Crippen LogP contribution >= 0.6 is 0 Å². The van der Waals surface area contributed by atoms with Crippen molar-refractivity contribution in [1.82, 2.24) is 5.32 Å². The predicted octanol–water partition coefficient (Wildman–Crippen LogP) is 3.36. The van der Waals surface area contributed by atoms with Crippen LogP contribution in [0.15, 0.2) is 0 Å². The Morgan fingerprint density at radius 2 is 2.00 bits per heavy atom. The van der Waals surface area contributed by atoms with Crippen LogP contribution in [0.3, 0.4) is 0 Å². The van der Waals surface area contributed by atoms with Crippen molar-refractivity contribution in [2.24, 2.45) is 11.8 Å². The monoisotopic (exact) mass is 239 g/mol. The van der Waals surface area contributed by atoms with Crippen molar-refractivity contribution < 1.29 is 4.74 Å². The summed E-state index contributed by atoms with van der Waals surface area (Å²) in [6.07, 6.45) is 11.2. The minimum absolute atomic E-state index is 0.782. The molecule has 1 saturated carbocycles. The van der Waals surface area contributed by atoms with Gasteiger partial charge in [-0.3, -0.25) is 0 Å². The van der Waals surface area contributed by atoms with Crippen molar-refractivity contribution in [1.29, 1.82) is 0 Å². The summed E-state index contributed by atoms with van der Waals surface area (Å²) in [5.41, 5.74) is 0. The van der Waals surface area contributed by atoms with E-state index in [1.807, 2.05) is 0 Å². The molecular weight excluding hydrogens is 210 g/mol. The van der Waals surface area contributed by atoms with Crippen molar-refractivity contribution in [3.05, 3.63) is 0 Å². The Hall–Kier alpha value is -0.0800. The van der Waals surface area contributed by atoms with Crippen LogP contribution in [0.25, 0.3) is 0 Å². The first-order chi connectivity index (χ1) is 8.38. The van der Waals surface area contributed by atoms with Crippen molar-refractivity contribution in [3.63, 3.8) is 0 Å². The zero-order valence-corrected chi connectivity index (χ0v) is 11.4. The van der Waals surface area contributed by atoms with Crippen molar-refractivity contribution in [2.45, 2.75) is 64.3 Å². The van der Waals surface area contributed by atoms with Crippen LogP contribution in [0.1, 0.15) is 58.3 Å². The van der Waals surface area contributed by atoms with E-state index in [1.165, 1.54) is 57.9 Å². The summed E-state index contributed by atoms with van der Waals surface area (Å²) in [5, 5.41) is 3.79. The molecule has 2 nitrogen and oxygen atoms in total. The molecule has 1 aliphatic carbocycles. The van der Waals surface area contributed by atoms with E-state index in [-0.39, 0.29) is 0 Å². The molecule has 1 aliphatic heterocycles. The number of rotatable bonds is 5. The Balaban J connectivity index is 1.63. The Morgan fingerprint density at radius 1 is 1.06 bits per heavy atom. The van der Waals surface area contributed by atoms with Gasteiger partial charge >= 0.3 is 0 Å². The van der Waals surface area contributed by atoms with E-state index in [0.29, 0.717) is 0 Å². The fourth-order valence-corrected chi connectivity index (χ4v) is 3.36. The standard InChI is InChI=1S/C15H29NO/c1-2-4-13-5-3-6-15(8-7-13)16-11-14-9-10-17-12-14/h13-16H,2-12H2,1H3. The van der Waals surface area contributed by atoms with Gasteiger partial charge in [0.15, 0.2) is 0 Å². The molecule has 0 aromatic rings. The summed E-state index contributed by atoms with van der Waals surface area (Å²) in [6, 6.07) is 0.789. The van der Waals surface area contributed by atoms with Gasteiger partial charge in [-0.15, -0.1) is 0 Å². The van der Waals surface area contributed by atoms with E-state index < -0.39 is 0 Å². The van der Waals surface area contributed by atoms with Gasteiger partial charge in [0.2, 0.25) is 0 Å². The fourth-order valence-electron chi connectivity index (χ4n) is 3.36. The quantitative estimate of drug-likeness (QED) is 0.743. The van der Waals surface area contributed by atoms with Crippen LogP contribution in [0.5, 0.6) is 0 Å². The highest BCUT2D eigenvalue weighted by Crippen LogP contribution is 2.26. The molecule has 1 N–H and O–H groups in total. The molecule has 2 aliphatic rings. The first-order valence-electron chi connectivity index (χ1n) is 7.69. The molecule has 1 saturated heterocycles. The lowest BCUT2D eigenvalue weighted by molar-refractivity contribution is 0.184. The van der Waals surface area contributed by atoms with Gasteiger partial charge in [-0.25, -0.2) is 0 Å². The maximum absolute atomic E-state index is 5.43. The number of nitrogens with one attached hydrogen (secondary N) is 1. The molecule has 0 spiro atoms. The summed E-state index contributed by atoms with van der Waals surface area (Å²) in [5.74, 6) is 1.80. The molecule has 2 rings (SSSR count). The smallest absolute Gasteiger partial charge is 0.0507 e. The lowest BCUT2D eigenvalue weighted by Crippen LogP contribution is -2.33. The van der Waals surface area contributed by atoms with Crippen molar-refractivity contribution >= 4 is 0 Å². The van der Waals surface area contributed by atoms with Gasteiger partial charge in [0, 0.05) is 19.2 Å². The van der Waals surface area contributed by atoms with Crippen LogP contribution in [-0.4, -0.2) is 25.8 Å². The second-order valence-corrected chi connectivity index (χ2v) is 6.00. The molecule has 2 fully saturated rings. The van der Waals surface area contributed by atoms with Crippen molar-refractivity contribution in [2.75, 3.05) is 19.8 Å². The number of hydrogen-bond donors (Lipinski definition) is 1. The van der Waals surface area contributed by atoms with E-state index in [1.54, 1.807) is 0 Å². The normalized spacial score (nSPS) is 34.8.